The summed E-state index contributed by atoms with van der Waals surface area (Å²) in [5.41, 5.74) is 5.91. The number of imidazole rings is 1. The van der Waals surface area contributed by atoms with Gasteiger partial charge in [-0.3, -0.25) is 10.1 Å². The fourth-order valence-electron chi connectivity index (χ4n) is 3.74. The molecule has 1 aromatic carbocycles. The summed E-state index contributed by atoms with van der Waals surface area (Å²) >= 11 is 0. The average molecular weight is 423 g/mol. The molecule has 0 atom stereocenters. The number of fused-ring (bicyclic) bond motifs is 2. The molecule has 154 valence electrons. The van der Waals surface area contributed by atoms with E-state index in [1.807, 2.05) is 24.3 Å². The number of rotatable bonds is 3. The molecule has 8 nitrogen and oxygen atoms in total. The summed E-state index contributed by atoms with van der Waals surface area (Å²) in [7, 11) is 0. The van der Waals surface area contributed by atoms with Crippen LogP contribution in [-0.2, 0) is 0 Å². The number of H-pyrrole nitrogens is 2. The maximum atomic E-state index is 13.9. The minimum Gasteiger partial charge on any atom is -0.508 e. The molecule has 3 N–H and O–H groups in total. The van der Waals surface area contributed by atoms with E-state index in [-0.39, 0.29) is 5.75 Å². The van der Waals surface area contributed by atoms with Gasteiger partial charge in [0.2, 0.25) is 0 Å². The SMILES string of the molecule is Oc1cc(F)cc(-c2ccnc3nc(-c4n[nH]c5ccc(-c6ccncc6)nc45)[nH]c23)c1. The molecule has 6 aromatic rings. The summed E-state index contributed by atoms with van der Waals surface area (Å²) in [6.45, 7) is 0. The Morgan fingerprint density at radius 3 is 2.59 bits per heavy atom. The van der Waals surface area contributed by atoms with E-state index in [9.17, 15) is 9.50 Å². The van der Waals surface area contributed by atoms with E-state index in [2.05, 4.69) is 30.1 Å². The fourth-order valence-corrected chi connectivity index (χ4v) is 3.74. The van der Waals surface area contributed by atoms with Crippen LogP contribution in [0.1, 0.15) is 0 Å². The van der Waals surface area contributed by atoms with Crippen molar-refractivity contribution in [3.8, 4) is 39.7 Å². The average Bonchev–Trinajstić information content (AvgIpc) is 3.42. The lowest BCUT2D eigenvalue weighted by Crippen LogP contribution is -1.87. The van der Waals surface area contributed by atoms with Gasteiger partial charge >= 0.3 is 0 Å². The minimum atomic E-state index is -0.532. The number of nitrogens with zero attached hydrogens (tertiary/aromatic N) is 5. The lowest BCUT2D eigenvalue weighted by molar-refractivity contribution is 0.469. The number of pyridine rings is 3. The van der Waals surface area contributed by atoms with E-state index in [0.717, 1.165) is 22.8 Å². The molecule has 32 heavy (non-hydrogen) atoms. The Morgan fingerprint density at radius 2 is 1.75 bits per heavy atom. The zero-order valence-corrected chi connectivity index (χ0v) is 16.4. The lowest BCUT2D eigenvalue weighted by atomic mass is 10.1. The first-order valence-electron chi connectivity index (χ1n) is 9.76. The van der Waals surface area contributed by atoms with Crippen LogP contribution in [0.4, 0.5) is 4.39 Å². The van der Waals surface area contributed by atoms with Crippen LogP contribution in [0, 0.1) is 5.82 Å². The maximum Gasteiger partial charge on any atom is 0.178 e. The van der Waals surface area contributed by atoms with Gasteiger partial charge in [0.05, 0.1) is 16.7 Å². The first-order chi connectivity index (χ1) is 15.7. The Bertz CT molecular complexity index is 1590. The van der Waals surface area contributed by atoms with Crippen LogP contribution in [-0.4, -0.2) is 40.2 Å². The van der Waals surface area contributed by atoms with E-state index >= 15 is 0 Å². The van der Waals surface area contributed by atoms with Gasteiger partial charge in [0.1, 0.15) is 17.1 Å². The van der Waals surface area contributed by atoms with E-state index in [1.54, 1.807) is 24.7 Å². The van der Waals surface area contributed by atoms with Crippen molar-refractivity contribution < 1.29 is 9.50 Å². The van der Waals surface area contributed by atoms with Gasteiger partial charge in [0.15, 0.2) is 17.2 Å². The number of hydrogen-bond acceptors (Lipinski definition) is 6. The van der Waals surface area contributed by atoms with Crippen molar-refractivity contribution in [3.05, 3.63) is 72.9 Å². The van der Waals surface area contributed by atoms with Crippen LogP contribution in [0.2, 0.25) is 0 Å². The van der Waals surface area contributed by atoms with Crippen LogP contribution in [0.3, 0.4) is 0 Å². The highest BCUT2D eigenvalue weighted by atomic mass is 19.1. The number of aromatic amines is 2. The number of aromatic hydroxyl groups is 1. The monoisotopic (exact) mass is 423 g/mol. The Hall–Kier alpha value is -4.66. The number of nitrogens with one attached hydrogen (secondary N) is 2. The lowest BCUT2D eigenvalue weighted by Gasteiger charge is -2.04. The zero-order chi connectivity index (χ0) is 21.7. The molecule has 0 saturated heterocycles. The molecular weight excluding hydrogens is 409 g/mol. The van der Waals surface area contributed by atoms with Crippen molar-refractivity contribution in [1.82, 2.24) is 35.1 Å². The van der Waals surface area contributed by atoms with Crippen LogP contribution in [0.25, 0.3) is 56.1 Å². The molecule has 0 unspecified atom stereocenters. The quantitative estimate of drug-likeness (QED) is 0.387. The van der Waals surface area contributed by atoms with Gasteiger partial charge in [-0.1, -0.05) is 0 Å². The summed E-state index contributed by atoms with van der Waals surface area (Å²) in [5.74, 6) is -0.210. The smallest absolute Gasteiger partial charge is 0.178 e. The second-order valence-corrected chi connectivity index (χ2v) is 7.24. The standard InChI is InChI=1S/C23H14FN7O/c24-14-9-13(10-15(32)11-14)16-5-8-26-22-19(16)28-23(29-22)21-20-18(30-31-21)2-1-17(27-20)12-3-6-25-7-4-12/h1-11,32H,(H,30,31)(H,26,28,29). The number of aromatic nitrogens is 7. The largest absolute Gasteiger partial charge is 0.508 e. The molecule has 0 radical (unpaired) electrons. The molecule has 0 amide bonds. The molecule has 5 heterocycles. The number of halogens is 1. The van der Waals surface area contributed by atoms with Gasteiger partial charge in [-0.2, -0.15) is 5.10 Å². The normalized spacial score (nSPS) is 11.4. The number of phenols is 1. The third-order valence-electron chi connectivity index (χ3n) is 5.19. The van der Waals surface area contributed by atoms with Crippen LogP contribution in [0.15, 0.2) is 67.1 Å². The Morgan fingerprint density at radius 1 is 0.875 bits per heavy atom. The topological polar surface area (TPSA) is 116 Å². The Balaban J connectivity index is 1.52. The minimum absolute atomic E-state index is 0.157. The van der Waals surface area contributed by atoms with E-state index in [1.165, 1.54) is 12.1 Å². The van der Waals surface area contributed by atoms with Crippen LogP contribution >= 0.6 is 0 Å². The van der Waals surface area contributed by atoms with Crippen molar-refractivity contribution in [3.63, 3.8) is 0 Å². The highest BCUT2D eigenvalue weighted by Crippen LogP contribution is 2.32. The molecule has 0 fully saturated rings. The summed E-state index contributed by atoms with van der Waals surface area (Å²) in [5, 5.41) is 17.2. The number of hydrogen-bond donors (Lipinski definition) is 3. The second kappa shape index (κ2) is 6.95. The van der Waals surface area contributed by atoms with E-state index < -0.39 is 5.82 Å². The van der Waals surface area contributed by atoms with Gasteiger partial charge in [-0.15, -0.1) is 0 Å². The molecule has 5 aromatic heterocycles. The van der Waals surface area contributed by atoms with Gasteiger partial charge in [0, 0.05) is 35.8 Å². The fraction of sp³-hybridized carbons (Fsp3) is 0. The summed E-state index contributed by atoms with van der Waals surface area (Å²) < 4.78 is 13.9. The third kappa shape index (κ3) is 2.95. The molecule has 0 aliphatic heterocycles. The Labute approximate surface area is 179 Å². The van der Waals surface area contributed by atoms with Crippen LogP contribution in [0.5, 0.6) is 5.75 Å². The summed E-state index contributed by atoms with van der Waals surface area (Å²) in [6.07, 6.45) is 5.02. The molecular formula is C23H14FN7O. The molecule has 9 heteroatoms. The number of benzene rings is 1. The van der Waals surface area contributed by atoms with Gasteiger partial charge < -0.3 is 10.1 Å². The third-order valence-corrected chi connectivity index (χ3v) is 5.19. The van der Waals surface area contributed by atoms with Crippen molar-refractivity contribution in [1.29, 1.82) is 0 Å². The van der Waals surface area contributed by atoms with Crippen molar-refractivity contribution in [2.45, 2.75) is 0 Å². The molecule has 0 spiro atoms. The van der Waals surface area contributed by atoms with Gasteiger partial charge in [-0.25, -0.2) is 19.3 Å². The Kier molecular flexibility index (Phi) is 3.94. The molecule has 6 rings (SSSR count). The van der Waals surface area contributed by atoms with Crippen LogP contribution < -0.4 is 0 Å². The van der Waals surface area contributed by atoms with Gasteiger partial charge in [-0.05, 0) is 48.0 Å². The second-order valence-electron chi connectivity index (χ2n) is 7.24. The summed E-state index contributed by atoms with van der Waals surface area (Å²) in [4.78, 5) is 21.0. The molecule has 0 aliphatic carbocycles. The van der Waals surface area contributed by atoms with Crippen molar-refractivity contribution >= 4 is 22.2 Å². The van der Waals surface area contributed by atoms with Gasteiger partial charge in [0.25, 0.3) is 0 Å². The van der Waals surface area contributed by atoms with E-state index in [4.69, 9.17) is 4.98 Å². The van der Waals surface area contributed by atoms with Crippen molar-refractivity contribution in [2.24, 2.45) is 0 Å². The predicted octanol–water partition coefficient (Wildman–Crippen LogP) is 4.47. The van der Waals surface area contributed by atoms with Crippen molar-refractivity contribution in [2.75, 3.05) is 0 Å². The highest BCUT2D eigenvalue weighted by Gasteiger charge is 2.17. The zero-order valence-electron chi connectivity index (χ0n) is 16.4. The molecule has 0 saturated carbocycles. The molecule has 0 aliphatic rings. The first-order valence-corrected chi connectivity index (χ1v) is 9.76. The summed E-state index contributed by atoms with van der Waals surface area (Å²) in [6, 6.07) is 13.2. The number of phenolic OH excluding ortho intramolecular Hbond substituents is 1. The predicted molar refractivity (Wildman–Crippen MR) is 117 cm³/mol. The maximum absolute atomic E-state index is 13.9. The van der Waals surface area contributed by atoms with E-state index in [0.29, 0.717) is 39.3 Å². The highest BCUT2D eigenvalue weighted by molar-refractivity contribution is 5.95. The first kappa shape index (κ1) is 18.1. The molecule has 0 bridgehead atoms.